The molecule has 0 saturated heterocycles. The van der Waals surface area contributed by atoms with E-state index in [4.69, 9.17) is 0 Å². The van der Waals surface area contributed by atoms with Crippen LogP contribution in [0.25, 0.3) is 0 Å². The lowest BCUT2D eigenvalue weighted by atomic mass is 10.0. The van der Waals surface area contributed by atoms with E-state index in [1.807, 2.05) is 13.8 Å². The Morgan fingerprint density at radius 2 is 1.73 bits per heavy atom. The number of nitrogens with one attached hydrogen (secondary N) is 2. The van der Waals surface area contributed by atoms with Crippen LogP contribution in [-0.2, 0) is 9.59 Å². The number of hydrogen-bond acceptors (Lipinski definition) is 3. The number of anilines is 1. The number of carbonyl (C=O) groups is 3. The van der Waals surface area contributed by atoms with E-state index in [1.165, 1.54) is 6.92 Å². The molecule has 0 bridgehead atoms. The number of rotatable bonds is 6. The van der Waals surface area contributed by atoms with Gasteiger partial charge in [0, 0.05) is 17.3 Å². The summed E-state index contributed by atoms with van der Waals surface area (Å²) in [5, 5.41) is 5.65. The van der Waals surface area contributed by atoms with Gasteiger partial charge in [-0.1, -0.05) is 6.92 Å². The lowest BCUT2D eigenvalue weighted by molar-refractivity contribution is -0.134. The fourth-order valence-electron chi connectivity index (χ4n) is 2.19. The highest BCUT2D eigenvalue weighted by Crippen LogP contribution is 2.47. The van der Waals surface area contributed by atoms with E-state index < -0.39 is 5.41 Å². The molecule has 2 rings (SSSR count). The summed E-state index contributed by atoms with van der Waals surface area (Å²) >= 11 is 0. The molecule has 0 aliphatic heterocycles. The Hall–Kier alpha value is -2.17. The van der Waals surface area contributed by atoms with Gasteiger partial charge in [0.1, 0.15) is 5.41 Å². The number of benzene rings is 1. The third-order valence-electron chi connectivity index (χ3n) is 4.16. The Kier molecular flexibility index (Phi) is 4.64. The monoisotopic (exact) mass is 302 g/mol. The van der Waals surface area contributed by atoms with Crippen molar-refractivity contribution in [1.82, 2.24) is 5.32 Å². The van der Waals surface area contributed by atoms with Gasteiger partial charge in [0.05, 0.1) is 0 Å². The summed E-state index contributed by atoms with van der Waals surface area (Å²) in [6, 6.07) is 6.75. The third kappa shape index (κ3) is 3.35. The molecular weight excluding hydrogens is 280 g/mol. The maximum Gasteiger partial charge on any atom is 0.240 e. The van der Waals surface area contributed by atoms with Crippen molar-refractivity contribution in [3.05, 3.63) is 29.8 Å². The van der Waals surface area contributed by atoms with Gasteiger partial charge in [0.15, 0.2) is 5.78 Å². The summed E-state index contributed by atoms with van der Waals surface area (Å²) in [5.74, 6) is -0.493. The minimum absolute atomic E-state index is 0.0236. The maximum absolute atomic E-state index is 12.4. The molecule has 1 aromatic carbocycles. The van der Waals surface area contributed by atoms with Crippen molar-refractivity contribution in [1.29, 1.82) is 0 Å². The summed E-state index contributed by atoms with van der Waals surface area (Å²) in [7, 11) is 0. The zero-order valence-electron chi connectivity index (χ0n) is 13.2. The highest BCUT2D eigenvalue weighted by molar-refractivity contribution is 6.13. The summed E-state index contributed by atoms with van der Waals surface area (Å²) in [6.45, 7) is 5.40. The highest BCUT2D eigenvalue weighted by atomic mass is 16.2. The standard InChI is InChI=1S/C17H22N2O3/c1-4-11(2)18-15(21)17(9-10-17)16(22)19-14-7-5-13(6-8-14)12(3)20/h5-8,11H,4,9-10H2,1-3H3,(H,18,21)(H,19,22). The number of carbonyl (C=O) groups excluding carboxylic acids is 3. The molecule has 0 radical (unpaired) electrons. The summed E-state index contributed by atoms with van der Waals surface area (Å²) < 4.78 is 0. The highest BCUT2D eigenvalue weighted by Gasteiger charge is 2.56. The molecule has 118 valence electrons. The van der Waals surface area contributed by atoms with Crippen LogP contribution in [0.5, 0.6) is 0 Å². The van der Waals surface area contributed by atoms with E-state index in [-0.39, 0.29) is 23.6 Å². The number of amides is 2. The fraction of sp³-hybridized carbons (Fsp3) is 0.471. The normalized spacial score (nSPS) is 16.5. The lowest BCUT2D eigenvalue weighted by Gasteiger charge is -2.18. The Morgan fingerprint density at radius 1 is 1.14 bits per heavy atom. The van der Waals surface area contributed by atoms with E-state index in [0.717, 1.165) is 6.42 Å². The number of hydrogen-bond donors (Lipinski definition) is 2. The largest absolute Gasteiger partial charge is 0.353 e. The molecule has 22 heavy (non-hydrogen) atoms. The maximum atomic E-state index is 12.4. The first-order chi connectivity index (χ1) is 10.4. The predicted octanol–water partition coefficient (Wildman–Crippen LogP) is 2.52. The Bertz CT molecular complexity index is 588. The molecule has 5 heteroatoms. The van der Waals surface area contributed by atoms with Gasteiger partial charge in [0.2, 0.25) is 11.8 Å². The van der Waals surface area contributed by atoms with Crippen LogP contribution in [-0.4, -0.2) is 23.6 Å². The molecule has 0 aromatic heterocycles. The molecule has 5 nitrogen and oxygen atoms in total. The minimum atomic E-state index is -0.928. The summed E-state index contributed by atoms with van der Waals surface area (Å²) in [6.07, 6.45) is 1.98. The molecule has 2 N–H and O–H groups in total. The minimum Gasteiger partial charge on any atom is -0.353 e. The molecule has 1 saturated carbocycles. The van der Waals surface area contributed by atoms with Crippen molar-refractivity contribution in [2.24, 2.45) is 5.41 Å². The first-order valence-corrected chi connectivity index (χ1v) is 7.62. The first kappa shape index (κ1) is 16.2. The van der Waals surface area contributed by atoms with Gasteiger partial charge in [0.25, 0.3) is 0 Å². The molecule has 2 amide bonds. The van der Waals surface area contributed by atoms with Crippen LogP contribution >= 0.6 is 0 Å². The summed E-state index contributed by atoms with van der Waals surface area (Å²) in [5.41, 5.74) is 0.258. The summed E-state index contributed by atoms with van der Waals surface area (Å²) in [4.78, 5) is 35.9. The van der Waals surface area contributed by atoms with E-state index in [9.17, 15) is 14.4 Å². The van der Waals surface area contributed by atoms with E-state index in [2.05, 4.69) is 10.6 Å². The van der Waals surface area contributed by atoms with Crippen molar-refractivity contribution in [3.8, 4) is 0 Å². The molecule has 1 unspecified atom stereocenters. The van der Waals surface area contributed by atoms with Crippen LogP contribution in [0.15, 0.2) is 24.3 Å². The average molecular weight is 302 g/mol. The number of Topliss-reactive ketones (excluding diaryl/α,β-unsaturated/α-hetero) is 1. The van der Waals surface area contributed by atoms with Gasteiger partial charge in [-0.3, -0.25) is 14.4 Å². The average Bonchev–Trinajstić information content (AvgIpc) is 3.29. The van der Waals surface area contributed by atoms with Crippen LogP contribution < -0.4 is 10.6 Å². The second kappa shape index (κ2) is 6.30. The quantitative estimate of drug-likeness (QED) is 0.626. The Morgan fingerprint density at radius 3 is 2.18 bits per heavy atom. The molecule has 1 atom stereocenters. The van der Waals surface area contributed by atoms with Gasteiger partial charge in [-0.15, -0.1) is 0 Å². The third-order valence-corrected chi connectivity index (χ3v) is 4.16. The lowest BCUT2D eigenvalue weighted by Crippen LogP contribution is -2.43. The zero-order chi connectivity index (χ0) is 16.3. The second-order valence-corrected chi connectivity index (χ2v) is 5.95. The number of ketones is 1. The van der Waals surface area contributed by atoms with Crippen LogP contribution in [0.1, 0.15) is 50.4 Å². The van der Waals surface area contributed by atoms with Crippen LogP contribution in [0.3, 0.4) is 0 Å². The van der Waals surface area contributed by atoms with E-state index >= 15 is 0 Å². The van der Waals surface area contributed by atoms with Gasteiger partial charge in [-0.2, -0.15) is 0 Å². The first-order valence-electron chi connectivity index (χ1n) is 7.62. The van der Waals surface area contributed by atoms with Gasteiger partial charge in [-0.05, 0) is 57.4 Å². The van der Waals surface area contributed by atoms with Crippen molar-refractivity contribution < 1.29 is 14.4 Å². The molecule has 1 aromatic rings. The predicted molar refractivity (Wildman–Crippen MR) is 84.6 cm³/mol. The van der Waals surface area contributed by atoms with Crippen LogP contribution in [0, 0.1) is 5.41 Å². The van der Waals surface area contributed by atoms with E-state index in [0.29, 0.717) is 24.1 Å². The molecule has 0 spiro atoms. The van der Waals surface area contributed by atoms with Crippen LogP contribution in [0.2, 0.25) is 0 Å². The van der Waals surface area contributed by atoms with Crippen molar-refractivity contribution in [2.75, 3.05) is 5.32 Å². The van der Waals surface area contributed by atoms with Gasteiger partial charge < -0.3 is 10.6 Å². The molecule has 1 aliphatic carbocycles. The van der Waals surface area contributed by atoms with Crippen molar-refractivity contribution in [2.45, 2.75) is 46.1 Å². The Labute approximate surface area is 130 Å². The van der Waals surface area contributed by atoms with Crippen molar-refractivity contribution >= 4 is 23.3 Å². The SMILES string of the molecule is CCC(C)NC(=O)C1(C(=O)Nc2ccc(C(C)=O)cc2)CC1. The van der Waals surface area contributed by atoms with Crippen molar-refractivity contribution in [3.63, 3.8) is 0 Å². The second-order valence-electron chi connectivity index (χ2n) is 5.95. The topological polar surface area (TPSA) is 75.3 Å². The molecular formula is C17H22N2O3. The molecule has 1 fully saturated rings. The smallest absolute Gasteiger partial charge is 0.240 e. The van der Waals surface area contributed by atoms with Gasteiger partial charge in [-0.25, -0.2) is 0 Å². The van der Waals surface area contributed by atoms with Gasteiger partial charge >= 0.3 is 0 Å². The molecule has 1 aliphatic rings. The molecule has 0 heterocycles. The zero-order valence-corrected chi connectivity index (χ0v) is 13.2. The Balaban J connectivity index is 2.02. The van der Waals surface area contributed by atoms with E-state index in [1.54, 1.807) is 24.3 Å². The van der Waals surface area contributed by atoms with Crippen LogP contribution in [0.4, 0.5) is 5.69 Å². The fourth-order valence-corrected chi connectivity index (χ4v) is 2.19.